The van der Waals surface area contributed by atoms with Crippen molar-refractivity contribution in [2.24, 2.45) is 0 Å². The second-order valence-corrected chi connectivity index (χ2v) is 6.16. The van der Waals surface area contributed by atoms with Crippen LogP contribution in [0.2, 0.25) is 0 Å². The van der Waals surface area contributed by atoms with Crippen molar-refractivity contribution in [3.63, 3.8) is 0 Å². The highest BCUT2D eigenvalue weighted by molar-refractivity contribution is 5.12. The number of imidazole rings is 1. The summed E-state index contributed by atoms with van der Waals surface area (Å²) in [4.78, 5) is 7.12. The van der Waals surface area contributed by atoms with E-state index in [1.54, 1.807) is 0 Å². The molecule has 20 heavy (non-hydrogen) atoms. The van der Waals surface area contributed by atoms with E-state index in [9.17, 15) is 0 Å². The molecule has 1 aromatic heterocycles. The van der Waals surface area contributed by atoms with Gasteiger partial charge in [0.05, 0.1) is 6.04 Å². The van der Waals surface area contributed by atoms with Crippen LogP contribution in [0.25, 0.3) is 0 Å². The molecular formula is C16H30N4. The van der Waals surface area contributed by atoms with Gasteiger partial charge in [-0.05, 0) is 46.8 Å². The van der Waals surface area contributed by atoms with Gasteiger partial charge in [-0.2, -0.15) is 0 Å². The minimum absolute atomic E-state index is 0.216. The molecule has 4 nitrogen and oxygen atoms in total. The van der Waals surface area contributed by atoms with E-state index >= 15 is 0 Å². The lowest BCUT2D eigenvalue weighted by atomic mass is 9.85. The smallest absolute Gasteiger partial charge is 0.127 e. The highest BCUT2D eigenvalue weighted by Gasteiger charge is 2.45. The highest BCUT2D eigenvalue weighted by Crippen LogP contribution is 2.43. The van der Waals surface area contributed by atoms with Crippen molar-refractivity contribution in [3.05, 3.63) is 18.2 Å². The molecule has 1 aliphatic rings. The van der Waals surface area contributed by atoms with Crippen molar-refractivity contribution in [1.82, 2.24) is 19.8 Å². The second kappa shape index (κ2) is 6.72. The van der Waals surface area contributed by atoms with Gasteiger partial charge in [-0.25, -0.2) is 4.98 Å². The first-order valence-corrected chi connectivity index (χ1v) is 8.07. The van der Waals surface area contributed by atoms with Gasteiger partial charge < -0.3 is 14.8 Å². The van der Waals surface area contributed by atoms with Crippen LogP contribution in [0.1, 0.15) is 57.8 Å². The molecule has 4 heteroatoms. The number of aromatic nitrogens is 2. The summed E-state index contributed by atoms with van der Waals surface area (Å²) in [6.07, 6.45) is 10.4. The third-order valence-corrected chi connectivity index (χ3v) is 4.84. The number of aryl methyl sites for hydroxylation is 1. The van der Waals surface area contributed by atoms with Gasteiger partial charge >= 0.3 is 0 Å². The third kappa shape index (κ3) is 2.77. The molecule has 1 heterocycles. The van der Waals surface area contributed by atoms with Gasteiger partial charge in [0.1, 0.15) is 5.82 Å². The summed E-state index contributed by atoms with van der Waals surface area (Å²) in [7, 11) is 4.45. The van der Waals surface area contributed by atoms with Crippen LogP contribution < -0.4 is 5.32 Å². The van der Waals surface area contributed by atoms with Crippen LogP contribution >= 0.6 is 0 Å². The predicted octanol–water partition coefficient (Wildman–Crippen LogP) is 2.82. The first-order chi connectivity index (χ1) is 9.65. The fraction of sp³-hybridized carbons (Fsp3) is 0.812. The van der Waals surface area contributed by atoms with Crippen LogP contribution in [-0.2, 0) is 6.54 Å². The van der Waals surface area contributed by atoms with Crippen molar-refractivity contribution < 1.29 is 0 Å². The predicted molar refractivity (Wildman–Crippen MR) is 83.8 cm³/mol. The zero-order valence-electron chi connectivity index (χ0n) is 13.5. The van der Waals surface area contributed by atoms with Crippen molar-refractivity contribution in [1.29, 1.82) is 0 Å². The van der Waals surface area contributed by atoms with Crippen LogP contribution in [0.3, 0.4) is 0 Å². The van der Waals surface area contributed by atoms with Gasteiger partial charge in [-0.3, -0.25) is 0 Å². The summed E-state index contributed by atoms with van der Waals surface area (Å²) in [5, 5.41) is 3.79. The Bertz CT molecular complexity index is 404. The Morgan fingerprint density at radius 1 is 1.35 bits per heavy atom. The molecule has 2 rings (SSSR count). The average molecular weight is 278 g/mol. The fourth-order valence-electron chi connectivity index (χ4n) is 3.64. The summed E-state index contributed by atoms with van der Waals surface area (Å²) in [6.45, 7) is 6.46. The molecule has 1 fully saturated rings. The maximum absolute atomic E-state index is 4.69. The van der Waals surface area contributed by atoms with Crippen molar-refractivity contribution in [3.8, 4) is 0 Å². The molecule has 0 amide bonds. The lowest BCUT2D eigenvalue weighted by molar-refractivity contribution is 0.0985. The summed E-state index contributed by atoms with van der Waals surface area (Å²) in [5.74, 6) is 1.21. The van der Waals surface area contributed by atoms with Gasteiger partial charge in [-0.1, -0.05) is 19.8 Å². The van der Waals surface area contributed by atoms with Crippen molar-refractivity contribution >= 4 is 0 Å². The zero-order chi connectivity index (χ0) is 14.6. The van der Waals surface area contributed by atoms with Gasteiger partial charge in [0.15, 0.2) is 0 Å². The maximum Gasteiger partial charge on any atom is 0.127 e. The molecule has 114 valence electrons. The highest BCUT2D eigenvalue weighted by atomic mass is 15.2. The topological polar surface area (TPSA) is 33.1 Å². The quantitative estimate of drug-likeness (QED) is 0.832. The van der Waals surface area contributed by atoms with Crippen LogP contribution in [0, 0.1) is 0 Å². The molecule has 0 bridgehead atoms. The number of rotatable bonds is 7. The standard InChI is InChI=1S/C16H30N4/c1-5-11-17-14(15-18-12-13-20(15)6-2)16(19(3)4)9-7-8-10-16/h12-14,17H,5-11H2,1-4H3. The van der Waals surface area contributed by atoms with Gasteiger partial charge in [0.25, 0.3) is 0 Å². The SMILES string of the molecule is CCCNC(c1nccn1CC)C1(N(C)C)CCCC1. The minimum atomic E-state index is 0.216. The fourth-order valence-corrected chi connectivity index (χ4v) is 3.64. The van der Waals surface area contributed by atoms with E-state index in [1.165, 1.54) is 31.5 Å². The Labute approximate surface area is 123 Å². The Kier molecular flexibility index (Phi) is 5.22. The molecule has 0 aromatic carbocycles. The second-order valence-electron chi connectivity index (χ2n) is 6.16. The van der Waals surface area contributed by atoms with Crippen LogP contribution in [-0.4, -0.2) is 40.6 Å². The van der Waals surface area contributed by atoms with Crippen LogP contribution in [0.5, 0.6) is 0 Å². The Morgan fingerprint density at radius 2 is 2.05 bits per heavy atom. The van der Waals surface area contributed by atoms with Crippen LogP contribution in [0.4, 0.5) is 0 Å². The first-order valence-electron chi connectivity index (χ1n) is 8.07. The number of hydrogen-bond donors (Lipinski definition) is 1. The summed E-state index contributed by atoms with van der Waals surface area (Å²) < 4.78 is 2.29. The van der Waals surface area contributed by atoms with E-state index in [-0.39, 0.29) is 5.54 Å². The Balaban J connectivity index is 2.35. The maximum atomic E-state index is 4.69. The van der Waals surface area contributed by atoms with E-state index in [2.05, 4.69) is 53.9 Å². The molecule has 0 saturated heterocycles. The van der Waals surface area contributed by atoms with Gasteiger partial charge in [-0.15, -0.1) is 0 Å². The number of nitrogens with zero attached hydrogens (tertiary/aromatic N) is 3. The average Bonchev–Trinajstić information content (AvgIpc) is 3.08. The van der Waals surface area contributed by atoms with Crippen molar-refractivity contribution in [2.45, 2.75) is 64.1 Å². The van der Waals surface area contributed by atoms with E-state index in [1.807, 2.05) is 6.20 Å². The lowest BCUT2D eigenvalue weighted by Crippen LogP contribution is -2.53. The van der Waals surface area contributed by atoms with Gasteiger partial charge in [0.2, 0.25) is 0 Å². The minimum Gasteiger partial charge on any atom is -0.334 e. The molecule has 1 aliphatic carbocycles. The molecule has 1 N–H and O–H groups in total. The molecule has 1 atom stereocenters. The molecule has 0 radical (unpaired) electrons. The molecule has 1 unspecified atom stereocenters. The van der Waals surface area contributed by atoms with E-state index < -0.39 is 0 Å². The largest absolute Gasteiger partial charge is 0.334 e. The zero-order valence-corrected chi connectivity index (χ0v) is 13.5. The molecule has 1 aromatic rings. The third-order valence-electron chi connectivity index (χ3n) is 4.84. The lowest BCUT2D eigenvalue weighted by Gasteiger charge is -2.43. The summed E-state index contributed by atoms with van der Waals surface area (Å²) in [5.41, 5.74) is 0.216. The Hall–Kier alpha value is -0.870. The molecular weight excluding hydrogens is 248 g/mol. The van der Waals surface area contributed by atoms with Crippen LogP contribution in [0.15, 0.2) is 12.4 Å². The number of nitrogens with one attached hydrogen (secondary N) is 1. The van der Waals surface area contributed by atoms with E-state index in [0.717, 1.165) is 19.5 Å². The molecule has 0 spiro atoms. The molecule has 0 aliphatic heterocycles. The van der Waals surface area contributed by atoms with Crippen molar-refractivity contribution in [2.75, 3.05) is 20.6 Å². The normalized spacial score (nSPS) is 19.6. The van der Waals surface area contributed by atoms with E-state index in [4.69, 9.17) is 0 Å². The summed E-state index contributed by atoms with van der Waals surface area (Å²) in [6, 6.07) is 0.329. The first kappa shape index (κ1) is 15.5. The summed E-state index contributed by atoms with van der Waals surface area (Å²) >= 11 is 0. The van der Waals surface area contributed by atoms with E-state index in [0.29, 0.717) is 6.04 Å². The number of likely N-dealkylation sites (N-methyl/N-ethyl adjacent to an activating group) is 1. The monoisotopic (exact) mass is 278 g/mol. The number of hydrogen-bond acceptors (Lipinski definition) is 3. The Morgan fingerprint density at radius 3 is 2.60 bits per heavy atom. The van der Waals surface area contributed by atoms with Gasteiger partial charge in [0, 0.05) is 24.5 Å². The molecule has 1 saturated carbocycles.